The first-order valence-electron chi connectivity index (χ1n) is 9.42. The number of aliphatic imine (C=N–C) groups is 1. The van der Waals surface area contributed by atoms with Gasteiger partial charge in [0.25, 0.3) is 0 Å². The van der Waals surface area contributed by atoms with E-state index in [1.807, 2.05) is 6.07 Å². The van der Waals surface area contributed by atoms with Crippen LogP contribution in [-0.4, -0.2) is 44.4 Å². The number of aromatic hydroxyl groups is 1. The molecule has 0 aliphatic carbocycles. The molecule has 1 aliphatic heterocycles. The number of phenolic OH excluding ortho intramolecular Hbond substituents is 1. The Hall–Kier alpha value is -2.96. The number of guanidine groups is 1. The van der Waals surface area contributed by atoms with Crippen LogP contribution in [0, 0.1) is 5.82 Å². The second kappa shape index (κ2) is 9.30. The number of phenols is 1. The van der Waals surface area contributed by atoms with Crippen molar-refractivity contribution in [1.82, 2.24) is 10.6 Å². The number of hydrogen-bond donors (Lipinski definition) is 3. The van der Waals surface area contributed by atoms with E-state index in [0.29, 0.717) is 18.3 Å². The monoisotopic (exact) mass is 386 g/mol. The van der Waals surface area contributed by atoms with Crippen molar-refractivity contribution in [2.24, 2.45) is 4.99 Å². The predicted molar refractivity (Wildman–Crippen MR) is 110 cm³/mol. The van der Waals surface area contributed by atoms with Gasteiger partial charge in [0.1, 0.15) is 17.3 Å². The van der Waals surface area contributed by atoms with Crippen molar-refractivity contribution in [3.63, 3.8) is 0 Å². The fourth-order valence-corrected chi connectivity index (χ4v) is 3.40. The predicted octanol–water partition coefficient (Wildman–Crippen LogP) is 2.87. The Kier molecular flexibility index (Phi) is 6.57. The Morgan fingerprint density at radius 3 is 2.93 bits per heavy atom. The number of piperidine rings is 1. The van der Waals surface area contributed by atoms with Crippen LogP contribution in [-0.2, 0) is 6.54 Å². The van der Waals surface area contributed by atoms with Gasteiger partial charge in [-0.25, -0.2) is 4.39 Å². The summed E-state index contributed by atoms with van der Waals surface area (Å²) in [5, 5.41) is 16.7. The van der Waals surface area contributed by atoms with E-state index < -0.39 is 0 Å². The highest BCUT2D eigenvalue weighted by atomic mass is 19.1. The molecule has 1 saturated heterocycles. The molecule has 0 saturated carbocycles. The molecule has 1 heterocycles. The Bertz CT molecular complexity index is 828. The number of benzene rings is 2. The zero-order valence-electron chi connectivity index (χ0n) is 16.3. The first kappa shape index (κ1) is 19.8. The van der Waals surface area contributed by atoms with Gasteiger partial charge in [0.15, 0.2) is 5.96 Å². The summed E-state index contributed by atoms with van der Waals surface area (Å²) in [6.45, 7) is 2.10. The van der Waals surface area contributed by atoms with E-state index in [0.717, 1.165) is 37.2 Å². The van der Waals surface area contributed by atoms with Crippen LogP contribution in [0.15, 0.2) is 47.5 Å². The van der Waals surface area contributed by atoms with Gasteiger partial charge in [0.05, 0.1) is 7.11 Å². The van der Waals surface area contributed by atoms with Gasteiger partial charge in [-0.3, -0.25) is 4.99 Å². The van der Waals surface area contributed by atoms with Crippen molar-refractivity contribution in [2.45, 2.75) is 25.4 Å². The van der Waals surface area contributed by atoms with Crippen molar-refractivity contribution < 1.29 is 14.2 Å². The topological polar surface area (TPSA) is 69.1 Å². The number of rotatable bonds is 5. The zero-order valence-corrected chi connectivity index (χ0v) is 16.3. The SMILES string of the molecule is CN=C(NCc1cc(OC)ccc1O)NC1CCCN(c2cccc(F)c2)C1. The summed E-state index contributed by atoms with van der Waals surface area (Å²) in [6, 6.07) is 12.0. The summed E-state index contributed by atoms with van der Waals surface area (Å²) in [5.74, 6) is 1.34. The highest BCUT2D eigenvalue weighted by Gasteiger charge is 2.21. The highest BCUT2D eigenvalue weighted by molar-refractivity contribution is 5.80. The average molecular weight is 386 g/mol. The van der Waals surface area contributed by atoms with E-state index in [1.54, 1.807) is 44.5 Å². The molecule has 2 aromatic carbocycles. The van der Waals surface area contributed by atoms with Crippen LogP contribution >= 0.6 is 0 Å². The van der Waals surface area contributed by atoms with E-state index in [9.17, 15) is 9.50 Å². The minimum atomic E-state index is -0.219. The molecule has 7 heteroatoms. The quantitative estimate of drug-likeness (QED) is 0.545. The molecule has 1 fully saturated rings. The molecule has 150 valence electrons. The Labute approximate surface area is 165 Å². The fourth-order valence-electron chi connectivity index (χ4n) is 3.40. The van der Waals surface area contributed by atoms with Crippen LogP contribution < -0.4 is 20.3 Å². The Balaban J connectivity index is 1.58. The van der Waals surface area contributed by atoms with E-state index in [2.05, 4.69) is 20.5 Å². The van der Waals surface area contributed by atoms with Crippen LogP contribution in [0.5, 0.6) is 11.5 Å². The Morgan fingerprint density at radius 1 is 1.32 bits per heavy atom. The lowest BCUT2D eigenvalue weighted by atomic mass is 10.0. The Morgan fingerprint density at radius 2 is 2.18 bits per heavy atom. The lowest BCUT2D eigenvalue weighted by Crippen LogP contribution is -2.51. The third kappa shape index (κ3) is 5.06. The van der Waals surface area contributed by atoms with Gasteiger partial charge in [-0.1, -0.05) is 6.07 Å². The minimum Gasteiger partial charge on any atom is -0.508 e. The third-order valence-electron chi connectivity index (χ3n) is 4.89. The van der Waals surface area contributed by atoms with E-state index in [1.165, 1.54) is 6.07 Å². The molecule has 1 atom stereocenters. The number of halogens is 1. The van der Waals surface area contributed by atoms with Crippen molar-refractivity contribution in [1.29, 1.82) is 0 Å². The van der Waals surface area contributed by atoms with Gasteiger partial charge in [-0.05, 0) is 49.2 Å². The summed E-state index contributed by atoms with van der Waals surface area (Å²) in [5.41, 5.74) is 1.63. The van der Waals surface area contributed by atoms with Crippen LogP contribution in [0.4, 0.5) is 10.1 Å². The van der Waals surface area contributed by atoms with Gasteiger partial charge >= 0.3 is 0 Å². The van der Waals surface area contributed by atoms with Gasteiger partial charge in [-0.2, -0.15) is 0 Å². The molecule has 6 nitrogen and oxygen atoms in total. The van der Waals surface area contributed by atoms with Gasteiger partial charge in [-0.15, -0.1) is 0 Å². The van der Waals surface area contributed by atoms with Gasteiger partial charge in [0.2, 0.25) is 0 Å². The summed E-state index contributed by atoms with van der Waals surface area (Å²) >= 11 is 0. The number of ether oxygens (including phenoxy) is 1. The fraction of sp³-hybridized carbons (Fsp3) is 0.381. The number of nitrogens with one attached hydrogen (secondary N) is 2. The van der Waals surface area contributed by atoms with Gasteiger partial charge in [0, 0.05) is 44.0 Å². The van der Waals surface area contributed by atoms with Crippen LogP contribution in [0.25, 0.3) is 0 Å². The first-order chi connectivity index (χ1) is 13.6. The maximum Gasteiger partial charge on any atom is 0.191 e. The van der Waals surface area contributed by atoms with E-state index in [-0.39, 0.29) is 17.6 Å². The first-order valence-corrected chi connectivity index (χ1v) is 9.42. The number of anilines is 1. The lowest BCUT2D eigenvalue weighted by Gasteiger charge is -2.35. The summed E-state index contributed by atoms with van der Waals surface area (Å²) in [7, 11) is 3.31. The van der Waals surface area contributed by atoms with Crippen molar-refractivity contribution in [3.05, 3.63) is 53.8 Å². The third-order valence-corrected chi connectivity index (χ3v) is 4.89. The van der Waals surface area contributed by atoms with Crippen molar-refractivity contribution >= 4 is 11.6 Å². The molecule has 2 aromatic rings. The molecule has 3 N–H and O–H groups in total. The van der Waals surface area contributed by atoms with Crippen LogP contribution in [0.1, 0.15) is 18.4 Å². The average Bonchev–Trinajstić information content (AvgIpc) is 2.72. The molecule has 0 bridgehead atoms. The van der Waals surface area contributed by atoms with Crippen molar-refractivity contribution in [2.75, 3.05) is 32.1 Å². The molecule has 0 amide bonds. The van der Waals surface area contributed by atoms with Crippen LogP contribution in [0.3, 0.4) is 0 Å². The minimum absolute atomic E-state index is 0.196. The molecular weight excluding hydrogens is 359 g/mol. The van der Waals surface area contributed by atoms with Gasteiger partial charge < -0.3 is 25.4 Å². The summed E-state index contributed by atoms with van der Waals surface area (Å²) in [4.78, 5) is 6.47. The molecule has 28 heavy (non-hydrogen) atoms. The summed E-state index contributed by atoms with van der Waals surface area (Å²) < 4.78 is 18.7. The summed E-state index contributed by atoms with van der Waals surface area (Å²) in [6.07, 6.45) is 2.03. The second-order valence-electron chi connectivity index (χ2n) is 6.83. The van der Waals surface area contributed by atoms with E-state index >= 15 is 0 Å². The standard InChI is InChI=1S/C21H27FN4O2/c1-23-21(24-13-15-11-19(28-2)8-9-20(15)27)25-17-6-4-10-26(14-17)18-7-3-5-16(22)12-18/h3,5,7-9,11-12,17,27H,4,6,10,13-14H2,1-2H3,(H2,23,24,25). The van der Waals surface area contributed by atoms with Crippen LogP contribution in [0.2, 0.25) is 0 Å². The van der Waals surface area contributed by atoms with Crippen molar-refractivity contribution in [3.8, 4) is 11.5 Å². The number of hydrogen-bond acceptors (Lipinski definition) is 4. The molecule has 1 aliphatic rings. The molecule has 0 aromatic heterocycles. The molecule has 0 radical (unpaired) electrons. The maximum atomic E-state index is 13.5. The molecular formula is C21H27FN4O2. The number of methoxy groups -OCH3 is 1. The largest absolute Gasteiger partial charge is 0.508 e. The normalized spacial score (nSPS) is 17.3. The zero-order chi connectivity index (χ0) is 19.9. The number of nitrogens with zero attached hydrogens (tertiary/aromatic N) is 2. The smallest absolute Gasteiger partial charge is 0.191 e. The maximum absolute atomic E-state index is 13.5. The highest BCUT2D eigenvalue weighted by Crippen LogP contribution is 2.23. The molecule has 3 rings (SSSR count). The lowest BCUT2D eigenvalue weighted by molar-refractivity contribution is 0.410. The van der Waals surface area contributed by atoms with E-state index in [4.69, 9.17) is 4.74 Å². The molecule has 0 spiro atoms. The second-order valence-corrected chi connectivity index (χ2v) is 6.83. The molecule has 1 unspecified atom stereocenters.